The molecule has 0 spiro atoms. The summed E-state index contributed by atoms with van der Waals surface area (Å²) in [6.45, 7) is 3.77. The van der Waals surface area contributed by atoms with E-state index in [9.17, 15) is 4.79 Å². The third kappa shape index (κ3) is 4.07. The van der Waals surface area contributed by atoms with Crippen LogP contribution in [-0.4, -0.2) is 23.9 Å². The molecule has 1 saturated heterocycles. The average Bonchev–Trinajstić information content (AvgIpc) is 2.49. The molecule has 0 unspecified atom stereocenters. The Kier molecular flexibility index (Phi) is 5.38. The summed E-state index contributed by atoms with van der Waals surface area (Å²) in [5.41, 5.74) is 1.22. The Morgan fingerprint density at radius 3 is 2.52 bits per heavy atom. The summed E-state index contributed by atoms with van der Waals surface area (Å²) in [5, 5.41) is 9.05. The summed E-state index contributed by atoms with van der Waals surface area (Å²) >= 11 is 0. The van der Waals surface area contributed by atoms with Gasteiger partial charge in [-0.1, -0.05) is 43.7 Å². The molecule has 0 N–H and O–H groups in total. The SMILES string of the molecule is CCCC1(CC#N)CCN(C(=O)Cc2ccccc2)CC1. The maximum atomic E-state index is 12.4. The van der Waals surface area contributed by atoms with Crippen LogP contribution in [0.1, 0.15) is 44.6 Å². The molecule has 0 radical (unpaired) electrons. The van der Waals surface area contributed by atoms with E-state index in [2.05, 4.69) is 13.0 Å². The van der Waals surface area contributed by atoms with Crippen molar-refractivity contribution in [3.05, 3.63) is 35.9 Å². The van der Waals surface area contributed by atoms with E-state index in [1.54, 1.807) is 0 Å². The third-order valence-electron chi connectivity index (χ3n) is 4.61. The van der Waals surface area contributed by atoms with Gasteiger partial charge in [0, 0.05) is 19.5 Å². The van der Waals surface area contributed by atoms with Gasteiger partial charge in [-0.15, -0.1) is 0 Å². The Bertz CT molecular complexity index is 496. The van der Waals surface area contributed by atoms with Crippen LogP contribution >= 0.6 is 0 Å². The summed E-state index contributed by atoms with van der Waals surface area (Å²) in [4.78, 5) is 14.3. The topological polar surface area (TPSA) is 44.1 Å². The number of amides is 1. The number of hydrogen-bond donors (Lipinski definition) is 0. The standard InChI is InChI=1S/C18H24N2O/c1-2-8-18(9-12-19)10-13-20(14-11-18)17(21)15-16-6-4-3-5-7-16/h3-7H,2,8-11,13-15H2,1H3. The molecule has 0 aromatic heterocycles. The number of nitrogens with zero attached hydrogens (tertiary/aromatic N) is 2. The van der Waals surface area contributed by atoms with Gasteiger partial charge in [0.05, 0.1) is 12.5 Å². The van der Waals surface area contributed by atoms with Crippen molar-refractivity contribution in [3.8, 4) is 6.07 Å². The number of likely N-dealkylation sites (tertiary alicyclic amines) is 1. The molecule has 1 amide bonds. The van der Waals surface area contributed by atoms with E-state index < -0.39 is 0 Å². The second-order valence-electron chi connectivity index (χ2n) is 6.13. The van der Waals surface area contributed by atoms with Crippen LogP contribution in [0.4, 0.5) is 0 Å². The highest BCUT2D eigenvalue weighted by Crippen LogP contribution is 2.39. The number of carbonyl (C=O) groups excluding carboxylic acids is 1. The lowest BCUT2D eigenvalue weighted by atomic mass is 9.73. The lowest BCUT2D eigenvalue weighted by Gasteiger charge is -2.40. The fourth-order valence-corrected chi connectivity index (χ4v) is 3.33. The van der Waals surface area contributed by atoms with Crippen LogP contribution in [0.2, 0.25) is 0 Å². The van der Waals surface area contributed by atoms with Gasteiger partial charge in [0.25, 0.3) is 0 Å². The van der Waals surface area contributed by atoms with Crippen LogP contribution in [0.25, 0.3) is 0 Å². The van der Waals surface area contributed by atoms with Gasteiger partial charge in [-0.3, -0.25) is 4.79 Å². The van der Waals surface area contributed by atoms with Gasteiger partial charge in [-0.2, -0.15) is 5.26 Å². The molecule has 21 heavy (non-hydrogen) atoms. The van der Waals surface area contributed by atoms with Crippen molar-refractivity contribution in [2.45, 2.75) is 45.4 Å². The zero-order valence-electron chi connectivity index (χ0n) is 12.8. The Balaban J connectivity index is 1.91. The van der Waals surface area contributed by atoms with Crippen molar-refractivity contribution in [3.63, 3.8) is 0 Å². The molecule has 1 aromatic rings. The van der Waals surface area contributed by atoms with Gasteiger partial charge < -0.3 is 4.90 Å². The normalized spacial score (nSPS) is 17.2. The van der Waals surface area contributed by atoms with Crippen molar-refractivity contribution < 1.29 is 4.79 Å². The molecule has 2 rings (SSSR count). The van der Waals surface area contributed by atoms with Crippen LogP contribution in [0, 0.1) is 16.7 Å². The molecule has 0 bridgehead atoms. The predicted molar refractivity (Wildman–Crippen MR) is 83.5 cm³/mol. The number of piperidine rings is 1. The molecule has 1 aliphatic heterocycles. The van der Waals surface area contributed by atoms with Gasteiger partial charge in [0.1, 0.15) is 0 Å². The Labute approximate surface area is 127 Å². The predicted octanol–water partition coefficient (Wildman–Crippen LogP) is 3.55. The minimum atomic E-state index is 0.146. The van der Waals surface area contributed by atoms with Crippen LogP contribution in [0.3, 0.4) is 0 Å². The van der Waals surface area contributed by atoms with Crippen molar-refractivity contribution in [2.24, 2.45) is 5.41 Å². The van der Waals surface area contributed by atoms with Crippen LogP contribution < -0.4 is 0 Å². The monoisotopic (exact) mass is 284 g/mol. The Morgan fingerprint density at radius 1 is 1.29 bits per heavy atom. The molecule has 112 valence electrons. The molecule has 1 aliphatic rings. The number of benzene rings is 1. The highest BCUT2D eigenvalue weighted by Gasteiger charge is 2.34. The van der Waals surface area contributed by atoms with Gasteiger partial charge in [-0.05, 0) is 30.2 Å². The van der Waals surface area contributed by atoms with Gasteiger partial charge in [-0.25, -0.2) is 0 Å². The van der Waals surface area contributed by atoms with Gasteiger partial charge in [0.15, 0.2) is 0 Å². The molecule has 1 aromatic carbocycles. The maximum absolute atomic E-state index is 12.4. The molecule has 0 atom stereocenters. The zero-order chi connectivity index (χ0) is 15.1. The van der Waals surface area contributed by atoms with Gasteiger partial charge in [0.2, 0.25) is 5.91 Å². The first-order chi connectivity index (χ1) is 10.2. The van der Waals surface area contributed by atoms with E-state index in [4.69, 9.17) is 5.26 Å². The molecule has 3 nitrogen and oxygen atoms in total. The fourth-order valence-electron chi connectivity index (χ4n) is 3.33. The molecule has 0 saturated carbocycles. The molecular weight excluding hydrogens is 260 g/mol. The quantitative estimate of drug-likeness (QED) is 0.830. The number of rotatable bonds is 5. The highest BCUT2D eigenvalue weighted by molar-refractivity contribution is 5.78. The van der Waals surface area contributed by atoms with Crippen LogP contribution in [0.15, 0.2) is 30.3 Å². The molecule has 1 heterocycles. The summed E-state index contributed by atoms with van der Waals surface area (Å²) in [5.74, 6) is 0.211. The van der Waals surface area contributed by atoms with E-state index in [0.29, 0.717) is 12.8 Å². The summed E-state index contributed by atoms with van der Waals surface area (Å²) in [6, 6.07) is 12.2. The summed E-state index contributed by atoms with van der Waals surface area (Å²) in [6.07, 6.45) is 5.26. The van der Waals surface area contributed by atoms with Crippen molar-refractivity contribution >= 4 is 5.91 Å². The minimum Gasteiger partial charge on any atom is -0.342 e. The van der Waals surface area contributed by atoms with E-state index in [-0.39, 0.29) is 11.3 Å². The lowest BCUT2D eigenvalue weighted by Crippen LogP contribution is -2.43. The van der Waals surface area contributed by atoms with E-state index in [0.717, 1.165) is 44.3 Å². The second kappa shape index (κ2) is 7.26. The van der Waals surface area contributed by atoms with Crippen molar-refractivity contribution in [1.29, 1.82) is 5.26 Å². The van der Waals surface area contributed by atoms with Gasteiger partial charge >= 0.3 is 0 Å². The first-order valence-electron chi connectivity index (χ1n) is 7.88. The average molecular weight is 284 g/mol. The van der Waals surface area contributed by atoms with Crippen LogP contribution in [0.5, 0.6) is 0 Å². The van der Waals surface area contributed by atoms with Crippen molar-refractivity contribution in [1.82, 2.24) is 4.90 Å². The first-order valence-corrected chi connectivity index (χ1v) is 7.88. The van der Waals surface area contributed by atoms with Crippen molar-refractivity contribution in [2.75, 3.05) is 13.1 Å². The van der Waals surface area contributed by atoms with E-state index >= 15 is 0 Å². The zero-order valence-corrected chi connectivity index (χ0v) is 12.8. The number of hydrogen-bond acceptors (Lipinski definition) is 2. The number of carbonyl (C=O) groups is 1. The maximum Gasteiger partial charge on any atom is 0.226 e. The van der Waals surface area contributed by atoms with E-state index in [1.807, 2.05) is 35.2 Å². The second-order valence-corrected chi connectivity index (χ2v) is 6.13. The smallest absolute Gasteiger partial charge is 0.226 e. The largest absolute Gasteiger partial charge is 0.342 e. The van der Waals surface area contributed by atoms with E-state index in [1.165, 1.54) is 0 Å². The Morgan fingerprint density at radius 2 is 1.95 bits per heavy atom. The molecule has 3 heteroatoms. The fraction of sp³-hybridized carbons (Fsp3) is 0.556. The lowest BCUT2D eigenvalue weighted by molar-refractivity contribution is -0.132. The number of nitriles is 1. The summed E-state index contributed by atoms with van der Waals surface area (Å²) in [7, 11) is 0. The van der Waals surface area contributed by atoms with Crippen LogP contribution in [-0.2, 0) is 11.2 Å². The Hall–Kier alpha value is -1.82. The molecule has 1 fully saturated rings. The first kappa shape index (κ1) is 15.6. The molecule has 0 aliphatic carbocycles. The highest BCUT2D eigenvalue weighted by atomic mass is 16.2. The minimum absolute atomic E-state index is 0.146. The summed E-state index contributed by atoms with van der Waals surface area (Å²) < 4.78 is 0. The third-order valence-corrected chi connectivity index (χ3v) is 4.61. The molecular formula is C18H24N2O.